The first-order valence-corrected chi connectivity index (χ1v) is 7.31. The number of halogens is 1. The third-order valence-electron chi connectivity index (χ3n) is 1.91. The molecule has 8 nitrogen and oxygen atoms in total. The van der Waals surface area contributed by atoms with Gasteiger partial charge in [0.15, 0.2) is 0 Å². The van der Waals surface area contributed by atoms with Crippen molar-refractivity contribution in [3.8, 4) is 0 Å². The van der Waals surface area contributed by atoms with Crippen LogP contribution in [0.3, 0.4) is 0 Å². The van der Waals surface area contributed by atoms with Crippen molar-refractivity contribution in [1.29, 1.82) is 0 Å². The van der Waals surface area contributed by atoms with Gasteiger partial charge in [-0.3, -0.25) is 14.8 Å². The first kappa shape index (κ1) is 13.6. The molecule has 0 aliphatic rings. The molecule has 2 aromatic heterocycles. The van der Waals surface area contributed by atoms with Crippen LogP contribution in [-0.2, 0) is 10.0 Å². The summed E-state index contributed by atoms with van der Waals surface area (Å²) in [5.41, 5.74) is 0. The van der Waals surface area contributed by atoms with Gasteiger partial charge < -0.3 is 0 Å². The first-order valence-electron chi connectivity index (χ1n) is 4.64. The Morgan fingerprint density at radius 3 is 2.74 bits per heavy atom. The molecular weight excluding hydrogens is 316 g/mol. The first-order chi connectivity index (χ1) is 8.90. The number of aromatic nitrogens is 2. The highest BCUT2D eigenvalue weighted by Gasteiger charge is 2.21. The van der Waals surface area contributed by atoms with Crippen LogP contribution in [0.25, 0.3) is 0 Å². The van der Waals surface area contributed by atoms with E-state index in [9.17, 15) is 18.5 Å². The number of pyridine rings is 1. The fourth-order valence-corrected chi connectivity index (χ4v) is 3.47. The van der Waals surface area contributed by atoms with Crippen LogP contribution in [0.5, 0.6) is 0 Å². The van der Waals surface area contributed by atoms with E-state index in [0.717, 1.165) is 6.20 Å². The van der Waals surface area contributed by atoms with Crippen molar-refractivity contribution in [2.45, 2.75) is 4.90 Å². The quantitative estimate of drug-likeness (QED) is 0.522. The number of nitro groups is 1. The van der Waals surface area contributed by atoms with Gasteiger partial charge >= 0.3 is 5.00 Å². The van der Waals surface area contributed by atoms with Gasteiger partial charge in [0.25, 0.3) is 10.0 Å². The standard InChI is InChI=1S/C8H5ClN4O4S2/c9-7-5(2-1-3-10-7)19(16,17)12-8-11-4-6(18-8)13(14)15/h1-4H,(H,11,12). The summed E-state index contributed by atoms with van der Waals surface area (Å²) >= 11 is 6.28. The molecule has 11 heteroatoms. The lowest BCUT2D eigenvalue weighted by molar-refractivity contribution is -0.380. The summed E-state index contributed by atoms with van der Waals surface area (Å²) in [6.07, 6.45) is 2.31. The Labute approximate surface area is 116 Å². The molecule has 1 N–H and O–H groups in total. The van der Waals surface area contributed by atoms with Crippen molar-refractivity contribution in [1.82, 2.24) is 9.97 Å². The molecule has 0 fully saturated rings. The summed E-state index contributed by atoms with van der Waals surface area (Å²) in [7, 11) is -3.98. The monoisotopic (exact) mass is 320 g/mol. The normalized spacial score (nSPS) is 11.2. The molecule has 0 saturated heterocycles. The number of rotatable bonds is 4. The van der Waals surface area contributed by atoms with E-state index >= 15 is 0 Å². The van der Waals surface area contributed by atoms with E-state index in [-0.39, 0.29) is 20.2 Å². The molecule has 0 spiro atoms. The van der Waals surface area contributed by atoms with Crippen LogP contribution < -0.4 is 4.72 Å². The largest absolute Gasteiger partial charge is 0.345 e. The highest BCUT2D eigenvalue weighted by Crippen LogP contribution is 2.28. The zero-order valence-electron chi connectivity index (χ0n) is 8.98. The maximum absolute atomic E-state index is 12.0. The molecule has 0 bridgehead atoms. The number of anilines is 1. The second-order valence-corrected chi connectivity index (χ2v) is 6.18. The lowest BCUT2D eigenvalue weighted by Gasteiger charge is -2.05. The average Bonchev–Trinajstić information content (AvgIpc) is 2.77. The van der Waals surface area contributed by atoms with E-state index in [4.69, 9.17) is 11.6 Å². The third-order valence-corrected chi connectivity index (χ3v) is 4.69. The third kappa shape index (κ3) is 2.97. The van der Waals surface area contributed by atoms with Crippen molar-refractivity contribution in [3.63, 3.8) is 0 Å². The summed E-state index contributed by atoms with van der Waals surface area (Å²) in [5.74, 6) is 0. The molecule has 0 aliphatic heterocycles. The van der Waals surface area contributed by atoms with E-state index < -0.39 is 14.9 Å². The molecule has 0 amide bonds. The lowest BCUT2D eigenvalue weighted by Crippen LogP contribution is -2.13. The Morgan fingerprint density at radius 2 is 2.16 bits per heavy atom. The van der Waals surface area contributed by atoms with Crippen molar-refractivity contribution in [3.05, 3.63) is 39.8 Å². The Morgan fingerprint density at radius 1 is 1.42 bits per heavy atom. The van der Waals surface area contributed by atoms with Crippen LogP contribution in [0, 0.1) is 10.1 Å². The summed E-state index contributed by atoms with van der Waals surface area (Å²) in [5, 5.41) is 9.89. The molecule has 100 valence electrons. The van der Waals surface area contributed by atoms with Gasteiger partial charge in [0, 0.05) is 6.20 Å². The van der Waals surface area contributed by atoms with Crippen molar-refractivity contribution in [2.75, 3.05) is 4.72 Å². The Balaban J connectivity index is 2.31. The van der Waals surface area contributed by atoms with Gasteiger partial charge in [-0.1, -0.05) is 11.6 Å². The molecule has 0 aromatic carbocycles. The summed E-state index contributed by atoms with van der Waals surface area (Å²) < 4.78 is 26.0. The second kappa shape index (κ2) is 5.07. The highest BCUT2D eigenvalue weighted by atomic mass is 35.5. The van der Waals surface area contributed by atoms with Gasteiger partial charge in [0.05, 0.1) is 4.92 Å². The van der Waals surface area contributed by atoms with E-state index in [1.54, 1.807) is 0 Å². The molecule has 0 atom stereocenters. The van der Waals surface area contributed by atoms with Crippen LogP contribution in [0.2, 0.25) is 5.15 Å². The SMILES string of the molecule is O=[N+]([O-])c1cnc(NS(=O)(=O)c2cccnc2Cl)s1. The molecule has 2 rings (SSSR count). The summed E-state index contributed by atoms with van der Waals surface area (Å²) in [6, 6.07) is 2.67. The number of hydrogen-bond donors (Lipinski definition) is 1. The Kier molecular flexibility index (Phi) is 3.64. The maximum atomic E-state index is 12.0. The van der Waals surface area contributed by atoms with Crippen LogP contribution in [-0.4, -0.2) is 23.3 Å². The molecule has 2 aromatic rings. The molecular formula is C8H5ClN4O4S2. The van der Waals surface area contributed by atoms with Crippen LogP contribution in [0.15, 0.2) is 29.4 Å². The average molecular weight is 321 g/mol. The van der Waals surface area contributed by atoms with E-state index in [1.165, 1.54) is 18.3 Å². The molecule has 0 radical (unpaired) electrons. The minimum Gasteiger partial charge on any atom is -0.257 e. The predicted molar refractivity (Wildman–Crippen MR) is 68.8 cm³/mol. The van der Waals surface area contributed by atoms with E-state index in [0.29, 0.717) is 11.3 Å². The van der Waals surface area contributed by atoms with Crippen molar-refractivity contribution < 1.29 is 13.3 Å². The van der Waals surface area contributed by atoms with Gasteiger partial charge in [0.2, 0.25) is 5.13 Å². The van der Waals surface area contributed by atoms with Gasteiger partial charge in [0.1, 0.15) is 16.2 Å². The topological polar surface area (TPSA) is 115 Å². The molecule has 0 unspecified atom stereocenters. The fourth-order valence-electron chi connectivity index (χ4n) is 1.14. The van der Waals surface area contributed by atoms with Crippen molar-refractivity contribution in [2.24, 2.45) is 0 Å². The van der Waals surface area contributed by atoms with Gasteiger partial charge in [-0.15, -0.1) is 0 Å². The zero-order chi connectivity index (χ0) is 14.0. The van der Waals surface area contributed by atoms with Gasteiger partial charge in [-0.25, -0.2) is 18.4 Å². The number of hydrogen-bond acceptors (Lipinski definition) is 7. The predicted octanol–water partition coefficient (Wildman–Crippen LogP) is 1.90. The van der Waals surface area contributed by atoms with Crippen molar-refractivity contribution >= 4 is 43.1 Å². The second-order valence-electron chi connectivity index (χ2n) is 3.16. The lowest BCUT2D eigenvalue weighted by atomic mass is 10.5. The maximum Gasteiger partial charge on any atom is 0.345 e. The Bertz CT molecular complexity index is 730. The number of nitrogens with one attached hydrogen (secondary N) is 1. The van der Waals surface area contributed by atoms with Crippen LogP contribution >= 0.6 is 22.9 Å². The van der Waals surface area contributed by atoms with E-state index in [1.807, 2.05) is 0 Å². The van der Waals surface area contributed by atoms with E-state index in [2.05, 4.69) is 14.7 Å². The smallest absolute Gasteiger partial charge is 0.257 e. The Hall–Kier alpha value is -1.78. The molecule has 19 heavy (non-hydrogen) atoms. The highest BCUT2D eigenvalue weighted by molar-refractivity contribution is 7.93. The van der Waals surface area contributed by atoms with Crippen LogP contribution in [0.4, 0.5) is 10.1 Å². The molecule has 0 saturated carbocycles. The minimum absolute atomic E-state index is 0.119. The molecule has 2 heterocycles. The van der Waals surface area contributed by atoms with Crippen LogP contribution in [0.1, 0.15) is 0 Å². The zero-order valence-corrected chi connectivity index (χ0v) is 11.4. The van der Waals surface area contributed by atoms with Gasteiger partial charge in [-0.05, 0) is 23.5 Å². The number of sulfonamides is 1. The minimum atomic E-state index is -3.98. The summed E-state index contributed by atoms with van der Waals surface area (Å²) in [6.45, 7) is 0. The number of thiazole rings is 1. The van der Waals surface area contributed by atoms with Gasteiger partial charge in [-0.2, -0.15) is 0 Å². The summed E-state index contributed by atoms with van der Waals surface area (Å²) in [4.78, 5) is 16.8. The molecule has 0 aliphatic carbocycles. The number of nitrogens with zero attached hydrogens (tertiary/aromatic N) is 3. The fraction of sp³-hybridized carbons (Fsp3) is 0.